The van der Waals surface area contributed by atoms with Crippen molar-refractivity contribution >= 4 is 0 Å². The van der Waals surface area contributed by atoms with Crippen molar-refractivity contribution in [3.05, 3.63) is 60.2 Å². The van der Waals surface area contributed by atoms with Gasteiger partial charge in [0.25, 0.3) is 0 Å². The highest BCUT2D eigenvalue weighted by atomic mass is 19.4. The second kappa shape index (κ2) is 6.67. The monoisotopic (exact) mass is 366 g/mol. The van der Waals surface area contributed by atoms with E-state index in [1.165, 1.54) is 24.3 Å². The molecule has 25 heavy (non-hydrogen) atoms. The smallest absolute Gasteiger partial charge is 0.388 e. The Kier molecular flexibility index (Phi) is 5.13. The van der Waals surface area contributed by atoms with Gasteiger partial charge >= 0.3 is 18.0 Å². The van der Waals surface area contributed by atoms with Gasteiger partial charge in [-0.2, -0.15) is 26.3 Å². The molecule has 0 aliphatic heterocycles. The molecule has 0 bridgehead atoms. The molecule has 0 spiro atoms. The lowest BCUT2D eigenvalue weighted by Crippen LogP contribution is -2.54. The number of halogens is 7. The van der Waals surface area contributed by atoms with E-state index in [0.29, 0.717) is 5.56 Å². The second-order valence-corrected chi connectivity index (χ2v) is 5.47. The Morgan fingerprint density at radius 1 is 0.720 bits per heavy atom. The fourth-order valence-corrected chi connectivity index (χ4v) is 2.44. The molecule has 0 aromatic heterocycles. The van der Waals surface area contributed by atoms with E-state index >= 15 is 0 Å². The maximum Gasteiger partial charge on any atom is 0.431 e. The molecule has 1 atom stereocenters. The highest BCUT2D eigenvalue weighted by Gasteiger charge is 2.72. The summed E-state index contributed by atoms with van der Waals surface area (Å²) in [5, 5.41) is 9.98. The summed E-state index contributed by atoms with van der Waals surface area (Å²) in [5.74, 6) is 0. The van der Waals surface area contributed by atoms with Crippen molar-refractivity contribution in [3.8, 4) is 11.1 Å². The van der Waals surface area contributed by atoms with Gasteiger partial charge < -0.3 is 5.11 Å². The molecule has 0 heterocycles. The number of benzene rings is 2. The molecule has 0 radical (unpaired) electrons. The number of hydrogen-bond donors (Lipinski definition) is 1. The van der Waals surface area contributed by atoms with Gasteiger partial charge in [0.15, 0.2) is 0 Å². The molecule has 0 saturated carbocycles. The van der Waals surface area contributed by atoms with E-state index in [1.54, 1.807) is 30.3 Å². The molecule has 0 aliphatic rings. The average molecular weight is 366 g/mol. The molecule has 0 saturated heterocycles. The Morgan fingerprint density at radius 3 is 1.72 bits per heavy atom. The predicted octanol–water partition coefficient (Wildman–Crippen LogP) is 5.61. The minimum Gasteiger partial charge on any atom is -0.388 e. The number of rotatable bonds is 4. The SMILES string of the molecule is OC(CC(F)(C(F)(F)F)C(F)(F)F)c1ccccc1-c1ccccc1. The Balaban J connectivity index is 2.44. The number of aliphatic hydroxyl groups excluding tert-OH is 1. The van der Waals surface area contributed by atoms with Crippen LogP contribution in [0.3, 0.4) is 0 Å². The summed E-state index contributed by atoms with van der Waals surface area (Å²) in [4.78, 5) is 0. The first-order valence-electron chi connectivity index (χ1n) is 7.12. The molecule has 0 amide bonds. The first kappa shape index (κ1) is 19.2. The van der Waals surface area contributed by atoms with Gasteiger partial charge in [0.1, 0.15) is 0 Å². The van der Waals surface area contributed by atoms with Crippen molar-refractivity contribution in [2.75, 3.05) is 0 Å². The van der Waals surface area contributed by atoms with E-state index in [0.717, 1.165) is 0 Å². The fourth-order valence-electron chi connectivity index (χ4n) is 2.44. The van der Waals surface area contributed by atoms with E-state index in [1.807, 2.05) is 0 Å². The lowest BCUT2D eigenvalue weighted by molar-refractivity contribution is -0.347. The first-order valence-corrected chi connectivity index (χ1v) is 7.12. The van der Waals surface area contributed by atoms with Crippen LogP contribution in [-0.2, 0) is 0 Å². The van der Waals surface area contributed by atoms with Crippen molar-refractivity contribution in [2.24, 2.45) is 0 Å². The van der Waals surface area contributed by atoms with Crippen molar-refractivity contribution in [2.45, 2.75) is 30.5 Å². The lowest BCUT2D eigenvalue weighted by atomic mass is 9.89. The van der Waals surface area contributed by atoms with Crippen LogP contribution in [0.1, 0.15) is 18.1 Å². The highest BCUT2D eigenvalue weighted by Crippen LogP contribution is 2.51. The Morgan fingerprint density at radius 2 is 1.20 bits per heavy atom. The maximum absolute atomic E-state index is 13.9. The molecule has 1 unspecified atom stereocenters. The first-order chi connectivity index (χ1) is 11.5. The molecule has 136 valence electrons. The minimum absolute atomic E-state index is 0.218. The van der Waals surface area contributed by atoms with Crippen LogP contribution < -0.4 is 0 Å². The summed E-state index contributed by atoms with van der Waals surface area (Å²) in [6.07, 6.45) is -16.9. The third-order valence-corrected chi connectivity index (χ3v) is 3.78. The standard InChI is InChI=1S/C17H13F7O/c18-15(16(19,20)21,17(22,23)24)10-14(25)13-9-5-4-8-12(13)11-6-2-1-3-7-11/h1-9,14,25H,10H2. The molecular weight excluding hydrogens is 353 g/mol. The second-order valence-electron chi connectivity index (χ2n) is 5.47. The zero-order valence-electron chi connectivity index (χ0n) is 12.6. The molecule has 2 aromatic carbocycles. The predicted molar refractivity (Wildman–Crippen MR) is 77.4 cm³/mol. The van der Waals surface area contributed by atoms with Crippen LogP contribution in [0.5, 0.6) is 0 Å². The largest absolute Gasteiger partial charge is 0.431 e. The van der Waals surface area contributed by atoms with Crippen LogP contribution in [-0.4, -0.2) is 23.1 Å². The molecule has 0 fully saturated rings. The van der Waals surface area contributed by atoms with Gasteiger partial charge in [-0.05, 0) is 16.7 Å². The van der Waals surface area contributed by atoms with Gasteiger partial charge in [0, 0.05) is 6.42 Å². The van der Waals surface area contributed by atoms with Crippen LogP contribution in [0.15, 0.2) is 54.6 Å². The third kappa shape index (κ3) is 3.78. The molecule has 2 aromatic rings. The summed E-state index contributed by atoms with van der Waals surface area (Å²) in [6.45, 7) is 0. The van der Waals surface area contributed by atoms with Gasteiger partial charge in [-0.3, -0.25) is 0 Å². The summed E-state index contributed by atoms with van der Waals surface area (Å²) in [6, 6.07) is 13.5. The summed E-state index contributed by atoms with van der Waals surface area (Å²) >= 11 is 0. The van der Waals surface area contributed by atoms with E-state index in [4.69, 9.17) is 0 Å². The van der Waals surface area contributed by atoms with Gasteiger partial charge in [0.2, 0.25) is 0 Å². The van der Waals surface area contributed by atoms with Gasteiger partial charge in [0.05, 0.1) is 6.10 Å². The van der Waals surface area contributed by atoms with Crippen LogP contribution in [0.25, 0.3) is 11.1 Å². The summed E-state index contributed by atoms with van der Waals surface area (Å²) < 4.78 is 90.0. The molecule has 1 nitrogen and oxygen atoms in total. The third-order valence-electron chi connectivity index (χ3n) is 3.78. The van der Waals surface area contributed by atoms with Crippen LogP contribution in [0.2, 0.25) is 0 Å². The summed E-state index contributed by atoms with van der Waals surface area (Å²) in [7, 11) is 0. The molecule has 0 aliphatic carbocycles. The maximum atomic E-state index is 13.9. The van der Waals surface area contributed by atoms with Crippen LogP contribution in [0, 0.1) is 0 Å². The van der Waals surface area contributed by atoms with E-state index in [-0.39, 0.29) is 11.1 Å². The number of aliphatic hydroxyl groups is 1. The molecule has 8 heteroatoms. The highest BCUT2D eigenvalue weighted by molar-refractivity contribution is 5.67. The number of alkyl halides is 7. The molecular formula is C17H13F7O. The van der Waals surface area contributed by atoms with Gasteiger partial charge in [-0.15, -0.1) is 0 Å². The van der Waals surface area contributed by atoms with Crippen LogP contribution in [0.4, 0.5) is 30.7 Å². The minimum atomic E-state index is -6.20. The van der Waals surface area contributed by atoms with Gasteiger partial charge in [-0.1, -0.05) is 54.6 Å². The van der Waals surface area contributed by atoms with Gasteiger partial charge in [-0.25, -0.2) is 4.39 Å². The quantitative estimate of drug-likeness (QED) is 0.698. The van der Waals surface area contributed by atoms with Crippen molar-refractivity contribution in [1.82, 2.24) is 0 Å². The average Bonchev–Trinajstić information content (AvgIpc) is 2.53. The number of hydrogen-bond acceptors (Lipinski definition) is 1. The Bertz CT molecular complexity index is 693. The molecule has 2 rings (SSSR count). The van der Waals surface area contributed by atoms with Crippen molar-refractivity contribution < 1.29 is 35.8 Å². The zero-order valence-corrected chi connectivity index (χ0v) is 12.6. The topological polar surface area (TPSA) is 20.2 Å². The van der Waals surface area contributed by atoms with E-state index < -0.39 is 30.5 Å². The zero-order chi connectivity index (χ0) is 18.9. The van der Waals surface area contributed by atoms with E-state index in [9.17, 15) is 35.8 Å². The Hall–Kier alpha value is -2.09. The fraction of sp³-hybridized carbons (Fsp3) is 0.294. The Labute approximate surface area is 138 Å². The van der Waals surface area contributed by atoms with Crippen LogP contribution >= 0.6 is 0 Å². The normalized spacial score (nSPS) is 14.4. The summed E-state index contributed by atoms with van der Waals surface area (Å²) in [5.41, 5.74) is -5.03. The van der Waals surface area contributed by atoms with E-state index in [2.05, 4.69) is 0 Å². The lowest BCUT2D eigenvalue weighted by Gasteiger charge is -2.32. The molecule has 1 N–H and O–H groups in total. The van der Waals surface area contributed by atoms with Crippen molar-refractivity contribution in [3.63, 3.8) is 0 Å². The van der Waals surface area contributed by atoms with Crippen molar-refractivity contribution in [1.29, 1.82) is 0 Å².